The average molecular weight is 259 g/mol. The van der Waals surface area contributed by atoms with E-state index in [0.717, 1.165) is 18.7 Å². The summed E-state index contributed by atoms with van der Waals surface area (Å²) in [4.78, 5) is 8.28. The Bertz CT molecular complexity index is 549. The molecule has 0 spiro atoms. The molecule has 0 saturated carbocycles. The molecule has 1 N–H and O–H groups in total. The Morgan fingerprint density at radius 1 is 1.44 bits per heavy atom. The van der Waals surface area contributed by atoms with E-state index in [1.165, 1.54) is 16.1 Å². The molecular weight excluding hydrogens is 242 g/mol. The number of pyridine rings is 1. The summed E-state index contributed by atoms with van der Waals surface area (Å²) in [6, 6.07) is 4.86. The van der Waals surface area contributed by atoms with E-state index in [4.69, 9.17) is 0 Å². The largest absolute Gasteiger partial charge is 0.387 e. The lowest BCUT2D eigenvalue weighted by atomic mass is 10.0. The van der Waals surface area contributed by atoms with Crippen LogP contribution in [0, 0.1) is 0 Å². The van der Waals surface area contributed by atoms with Crippen LogP contribution >= 0.6 is 11.3 Å². The lowest BCUT2D eigenvalue weighted by Crippen LogP contribution is -2.33. The minimum atomic E-state index is 0.439. The predicted octanol–water partition coefficient (Wildman–Crippen LogP) is 3.31. The van der Waals surface area contributed by atoms with Crippen LogP contribution in [0.15, 0.2) is 29.9 Å². The normalized spacial score (nSPS) is 18.6. The van der Waals surface area contributed by atoms with Gasteiger partial charge in [-0.15, -0.1) is 11.3 Å². The first kappa shape index (κ1) is 11.5. The van der Waals surface area contributed by atoms with Crippen LogP contribution in [0.1, 0.15) is 23.4 Å². The van der Waals surface area contributed by atoms with Gasteiger partial charge in [-0.3, -0.25) is 4.98 Å². The van der Waals surface area contributed by atoms with E-state index in [1.54, 1.807) is 0 Å². The molecule has 18 heavy (non-hydrogen) atoms. The van der Waals surface area contributed by atoms with Crippen molar-refractivity contribution in [3.05, 3.63) is 40.3 Å². The Morgan fingerprint density at radius 3 is 3.17 bits per heavy atom. The molecule has 0 aliphatic carbocycles. The zero-order valence-electron chi connectivity index (χ0n) is 10.7. The molecule has 94 valence electrons. The van der Waals surface area contributed by atoms with Crippen LogP contribution in [0.25, 0.3) is 0 Å². The van der Waals surface area contributed by atoms with Crippen molar-refractivity contribution in [1.82, 2.24) is 4.98 Å². The highest BCUT2D eigenvalue weighted by Gasteiger charge is 2.25. The van der Waals surface area contributed by atoms with Crippen molar-refractivity contribution in [1.29, 1.82) is 0 Å². The van der Waals surface area contributed by atoms with Crippen molar-refractivity contribution in [2.45, 2.75) is 19.4 Å². The molecule has 4 heteroatoms. The number of fused-ring (bicyclic) bond motifs is 1. The Hall–Kier alpha value is -1.55. The summed E-state index contributed by atoms with van der Waals surface area (Å²) in [6.45, 7) is 3.35. The van der Waals surface area contributed by atoms with Crippen LogP contribution in [0.4, 0.5) is 11.4 Å². The van der Waals surface area contributed by atoms with Gasteiger partial charge in [-0.2, -0.15) is 0 Å². The van der Waals surface area contributed by atoms with E-state index in [9.17, 15) is 0 Å². The van der Waals surface area contributed by atoms with E-state index in [2.05, 4.69) is 39.6 Å². The minimum absolute atomic E-state index is 0.439. The molecule has 0 amide bonds. The molecule has 0 bridgehead atoms. The standard InChI is InChI=1S/C14H17N3S/c1-10-13-4-6-18-14(13)3-5-17(10)12-7-11(15-2)8-16-9-12/h4,6-10,15H,3,5H2,1-2H3. The Kier molecular flexibility index (Phi) is 2.96. The molecule has 1 unspecified atom stereocenters. The minimum Gasteiger partial charge on any atom is -0.387 e. The third-order valence-electron chi connectivity index (χ3n) is 3.62. The summed E-state index contributed by atoms with van der Waals surface area (Å²) in [6.07, 6.45) is 4.95. The van der Waals surface area contributed by atoms with Crippen LogP contribution in [-0.4, -0.2) is 18.6 Å². The van der Waals surface area contributed by atoms with Crippen LogP contribution < -0.4 is 10.2 Å². The first-order valence-electron chi connectivity index (χ1n) is 6.25. The molecule has 1 aliphatic heterocycles. The van der Waals surface area contributed by atoms with Gasteiger partial charge in [0.1, 0.15) is 0 Å². The fraction of sp³-hybridized carbons (Fsp3) is 0.357. The molecule has 1 atom stereocenters. The molecule has 0 radical (unpaired) electrons. The summed E-state index contributed by atoms with van der Waals surface area (Å²) >= 11 is 1.88. The molecular formula is C14H17N3S. The molecule has 2 aromatic rings. The zero-order valence-corrected chi connectivity index (χ0v) is 11.5. The first-order valence-corrected chi connectivity index (χ1v) is 7.13. The van der Waals surface area contributed by atoms with Crippen molar-refractivity contribution in [3.8, 4) is 0 Å². The number of nitrogens with one attached hydrogen (secondary N) is 1. The molecule has 0 saturated heterocycles. The van der Waals surface area contributed by atoms with Crippen LogP contribution in [0.5, 0.6) is 0 Å². The van der Waals surface area contributed by atoms with Crippen LogP contribution in [-0.2, 0) is 6.42 Å². The highest BCUT2D eigenvalue weighted by atomic mass is 32.1. The van der Waals surface area contributed by atoms with E-state index < -0.39 is 0 Å². The van der Waals surface area contributed by atoms with Crippen molar-refractivity contribution < 1.29 is 0 Å². The fourth-order valence-corrected chi connectivity index (χ4v) is 3.55. The molecule has 2 aromatic heterocycles. The number of aromatic nitrogens is 1. The van der Waals surface area contributed by atoms with Gasteiger partial charge in [-0.05, 0) is 36.4 Å². The Morgan fingerprint density at radius 2 is 2.33 bits per heavy atom. The van der Waals surface area contributed by atoms with E-state index in [1.807, 2.05) is 30.8 Å². The Balaban J connectivity index is 1.94. The van der Waals surface area contributed by atoms with Crippen molar-refractivity contribution >= 4 is 22.7 Å². The van der Waals surface area contributed by atoms with Crippen molar-refractivity contribution in [2.24, 2.45) is 0 Å². The smallest absolute Gasteiger partial charge is 0.0578 e. The topological polar surface area (TPSA) is 28.2 Å². The third-order valence-corrected chi connectivity index (χ3v) is 4.62. The summed E-state index contributed by atoms with van der Waals surface area (Å²) in [5, 5.41) is 5.35. The highest BCUT2D eigenvalue weighted by Crippen LogP contribution is 2.36. The molecule has 0 fully saturated rings. The van der Waals surface area contributed by atoms with Crippen LogP contribution in [0.2, 0.25) is 0 Å². The quantitative estimate of drug-likeness (QED) is 0.897. The highest BCUT2D eigenvalue weighted by molar-refractivity contribution is 7.10. The number of anilines is 2. The van der Waals surface area contributed by atoms with Gasteiger partial charge in [0.15, 0.2) is 0 Å². The summed E-state index contributed by atoms with van der Waals surface area (Å²) in [5.74, 6) is 0. The predicted molar refractivity (Wildman–Crippen MR) is 77.6 cm³/mol. The van der Waals surface area contributed by atoms with Gasteiger partial charge in [0.25, 0.3) is 0 Å². The average Bonchev–Trinajstić information content (AvgIpc) is 2.88. The van der Waals surface area contributed by atoms with Gasteiger partial charge in [0.05, 0.1) is 29.8 Å². The van der Waals surface area contributed by atoms with Gasteiger partial charge in [0.2, 0.25) is 0 Å². The van der Waals surface area contributed by atoms with Crippen molar-refractivity contribution in [3.63, 3.8) is 0 Å². The van der Waals surface area contributed by atoms with Crippen LogP contribution in [0.3, 0.4) is 0 Å². The van der Waals surface area contributed by atoms with E-state index in [0.29, 0.717) is 6.04 Å². The number of hydrogen-bond acceptors (Lipinski definition) is 4. The second-order valence-corrected chi connectivity index (χ2v) is 5.60. The van der Waals surface area contributed by atoms with E-state index in [-0.39, 0.29) is 0 Å². The summed E-state index contributed by atoms with van der Waals surface area (Å²) in [7, 11) is 1.93. The van der Waals surface area contributed by atoms with Gasteiger partial charge >= 0.3 is 0 Å². The van der Waals surface area contributed by atoms with Gasteiger partial charge in [0, 0.05) is 18.5 Å². The molecule has 1 aliphatic rings. The monoisotopic (exact) mass is 259 g/mol. The maximum absolute atomic E-state index is 4.31. The molecule has 3 nitrogen and oxygen atoms in total. The third kappa shape index (κ3) is 1.86. The second-order valence-electron chi connectivity index (χ2n) is 4.60. The number of thiophene rings is 1. The lowest BCUT2D eigenvalue weighted by Gasteiger charge is -2.35. The first-order chi connectivity index (χ1) is 8.79. The Labute approximate surface area is 111 Å². The molecule has 3 rings (SSSR count). The summed E-state index contributed by atoms with van der Waals surface area (Å²) in [5.41, 5.74) is 3.74. The number of rotatable bonds is 2. The maximum atomic E-state index is 4.31. The van der Waals surface area contributed by atoms with E-state index >= 15 is 0 Å². The molecule has 3 heterocycles. The van der Waals surface area contributed by atoms with Crippen molar-refractivity contribution in [2.75, 3.05) is 23.8 Å². The number of nitrogens with zero attached hydrogens (tertiary/aromatic N) is 2. The second kappa shape index (κ2) is 4.61. The molecule has 0 aromatic carbocycles. The van der Waals surface area contributed by atoms with Gasteiger partial charge in [-0.25, -0.2) is 0 Å². The maximum Gasteiger partial charge on any atom is 0.0578 e. The number of hydrogen-bond donors (Lipinski definition) is 1. The zero-order chi connectivity index (χ0) is 12.5. The summed E-state index contributed by atoms with van der Waals surface area (Å²) < 4.78 is 0. The lowest BCUT2D eigenvalue weighted by molar-refractivity contribution is 0.632. The SMILES string of the molecule is CNc1cncc(N2CCc3sccc3C2C)c1. The van der Waals surface area contributed by atoms with Gasteiger partial charge < -0.3 is 10.2 Å². The fourth-order valence-electron chi connectivity index (χ4n) is 2.58. The van der Waals surface area contributed by atoms with Gasteiger partial charge in [-0.1, -0.05) is 0 Å².